The van der Waals surface area contributed by atoms with Gasteiger partial charge < -0.3 is 14.2 Å². The summed E-state index contributed by atoms with van der Waals surface area (Å²) in [6, 6.07) is 5.33. The molecule has 2 atom stereocenters. The Morgan fingerprint density at radius 2 is 1.23 bits per heavy atom. The third-order valence-corrected chi connectivity index (χ3v) is 11.1. The fourth-order valence-corrected chi connectivity index (χ4v) is 8.28. The van der Waals surface area contributed by atoms with E-state index in [0.29, 0.717) is 17.0 Å². The normalized spacial score (nSPS) is 35.4. The summed E-state index contributed by atoms with van der Waals surface area (Å²) in [4.78, 5) is 48.1. The van der Waals surface area contributed by atoms with Crippen molar-refractivity contribution in [2.45, 2.75) is 121 Å². The second-order valence-electron chi connectivity index (χ2n) is 14.0. The summed E-state index contributed by atoms with van der Waals surface area (Å²) in [6.45, 7) is 2.68. The predicted octanol–water partition coefficient (Wildman–Crippen LogP) is 7.07. The number of cyclic esters (lactones) is 4. The lowest BCUT2D eigenvalue weighted by Crippen LogP contribution is -2.25. The Kier molecular flexibility index (Phi) is 9.46. The van der Waals surface area contributed by atoms with Crippen LogP contribution in [-0.2, 0) is 40.0 Å². The number of benzene rings is 1. The van der Waals surface area contributed by atoms with Crippen molar-refractivity contribution < 1.29 is 33.4 Å². The largest absolute Gasteiger partial charge is 0.393 e. The molecular formula is C36H46O7. The summed E-state index contributed by atoms with van der Waals surface area (Å²) in [5.41, 5.74) is 2.09. The lowest BCUT2D eigenvalue weighted by atomic mass is 9.69. The maximum atomic E-state index is 12.4. The molecule has 1 aromatic rings. The molecule has 0 aromatic heterocycles. The number of hydrogen-bond acceptors (Lipinski definition) is 7. The highest BCUT2D eigenvalue weighted by Crippen LogP contribution is 2.42. The lowest BCUT2D eigenvalue weighted by Gasteiger charge is -2.36. The molecule has 0 N–H and O–H groups in total. The molecule has 2 saturated heterocycles. The van der Waals surface area contributed by atoms with Crippen molar-refractivity contribution in [2.24, 2.45) is 29.6 Å². The molecule has 6 rings (SSSR count). The van der Waals surface area contributed by atoms with E-state index < -0.39 is 35.7 Å². The van der Waals surface area contributed by atoms with Crippen LogP contribution in [0.4, 0.5) is 0 Å². The van der Waals surface area contributed by atoms with Gasteiger partial charge >= 0.3 is 23.9 Å². The van der Waals surface area contributed by atoms with Crippen LogP contribution in [0.25, 0.3) is 0 Å². The average Bonchev–Trinajstić information content (AvgIpc) is 3.54. The molecule has 5 aliphatic rings. The van der Waals surface area contributed by atoms with Gasteiger partial charge in [-0.1, -0.05) is 50.1 Å². The molecule has 7 heteroatoms. The molecule has 2 unspecified atom stereocenters. The number of carbonyl (C=O) groups excluding carboxylic acids is 4. The highest BCUT2D eigenvalue weighted by atomic mass is 16.6. The first-order valence-electron chi connectivity index (χ1n) is 16.7. The first kappa shape index (κ1) is 30.2. The monoisotopic (exact) mass is 590 g/mol. The molecule has 232 valence electrons. The average molecular weight is 591 g/mol. The molecule has 1 aromatic carbocycles. The van der Waals surface area contributed by atoms with Gasteiger partial charge in [0.05, 0.1) is 37.4 Å². The van der Waals surface area contributed by atoms with E-state index in [1.54, 1.807) is 12.1 Å². The fourth-order valence-electron chi connectivity index (χ4n) is 8.28. The molecule has 2 heterocycles. The van der Waals surface area contributed by atoms with Crippen molar-refractivity contribution in [3.63, 3.8) is 0 Å². The zero-order valence-electron chi connectivity index (χ0n) is 25.5. The van der Waals surface area contributed by atoms with Crippen LogP contribution in [0.1, 0.15) is 125 Å². The Morgan fingerprint density at radius 3 is 1.79 bits per heavy atom. The molecule has 0 spiro atoms. The van der Waals surface area contributed by atoms with E-state index in [0.717, 1.165) is 54.9 Å². The maximum Gasteiger partial charge on any atom is 0.321 e. The van der Waals surface area contributed by atoms with Crippen molar-refractivity contribution in [1.29, 1.82) is 0 Å². The predicted molar refractivity (Wildman–Crippen MR) is 160 cm³/mol. The van der Waals surface area contributed by atoms with E-state index in [1.807, 2.05) is 6.07 Å². The summed E-state index contributed by atoms with van der Waals surface area (Å²) >= 11 is 0. The summed E-state index contributed by atoms with van der Waals surface area (Å²) in [5.74, 6) is 0.683. The zero-order valence-corrected chi connectivity index (χ0v) is 25.5. The zero-order chi connectivity index (χ0) is 29.9. The van der Waals surface area contributed by atoms with Gasteiger partial charge in [0.1, 0.15) is 0 Å². The van der Waals surface area contributed by atoms with E-state index in [2.05, 4.69) is 19.1 Å². The number of allylic oxidation sites excluding steroid dienone is 2. The van der Waals surface area contributed by atoms with Crippen molar-refractivity contribution in [3.05, 3.63) is 47.0 Å². The molecule has 43 heavy (non-hydrogen) atoms. The molecule has 2 aliphatic heterocycles. The minimum absolute atomic E-state index is 0.00125. The van der Waals surface area contributed by atoms with E-state index in [-0.39, 0.29) is 25.6 Å². The molecule has 3 saturated carbocycles. The minimum Gasteiger partial charge on any atom is -0.393 e. The smallest absolute Gasteiger partial charge is 0.321 e. The first-order valence-corrected chi connectivity index (χ1v) is 16.7. The SMILES string of the molecule is CC1CCC(C2CCC(/C=C/C3CCC(OCc4cc(C5CC(=O)OC5=O)ccc4C4CC(=O)OC4=O)CC3)CC2)CC1. The Balaban J connectivity index is 1.00. The lowest BCUT2D eigenvalue weighted by molar-refractivity contribution is -0.154. The second-order valence-corrected chi connectivity index (χ2v) is 14.0. The molecule has 7 nitrogen and oxygen atoms in total. The van der Waals surface area contributed by atoms with Gasteiger partial charge in [-0.3, -0.25) is 19.2 Å². The van der Waals surface area contributed by atoms with Crippen molar-refractivity contribution >= 4 is 23.9 Å². The van der Waals surface area contributed by atoms with Crippen LogP contribution >= 0.6 is 0 Å². The Morgan fingerprint density at radius 1 is 0.698 bits per heavy atom. The summed E-state index contributed by atoms with van der Waals surface area (Å²) in [7, 11) is 0. The Bertz CT molecular complexity index is 1230. The van der Waals surface area contributed by atoms with Gasteiger partial charge in [-0.25, -0.2) is 0 Å². The van der Waals surface area contributed by atoms with Gasteiger partial charge in [0.15, 0.2) is 0 Å². The van der Waals surface area contributed by atoms with E-state index >= 15 is 0 Å². The number of carbonyl (C=O) groups is 4. The molecular weight excluding hydrogens is 544 g/mol. The first-order chi connectivity index (χ1) is 20.8. The molecule has 0 bridgehead atoms. The summed E-state index contributed by atoms with van der Waals surface area (Å²) in [6.07, 6.45) is 20.5. The standard InChI is InChI=1S/C36H46O7/c1-22-2-10-25(11-3-22)26-12-6-23(7-13-26)4-5-24-8-15-29(16-9-24)41-21-28-18-27(31-19-33(37)42-35(31)39)14-17-30(28)32-20-34(38)43-36(32)40/h4-5,14,17-18,22-26,29,31-32H,2-3,6-13,15-16,19-21H2,1H3/b5-4+. The third-order valence-electron chi connectivity index (χ3n) is 11.1. The third kappa shape index (κ3) is 7.30. The van der Waals surface area contributed by atoms with Gasteiger partial charge in [-0.2, -0.15) is 0 Å². The Labute approximate surface area is 255 Å². The Hall–Kier alpha value is -2.80. The van der Waals surface area contributed by atoms with Crippen molar-refractivity contribution in [3.8, 4) is 0 Å². The van der Waals surface area contributed by atoms with Gasteiger partial charge in [0.2, 0.25) is 0 Å². The van der Waals surface area contributed by atoms with Gasteiger partial charge in [0, 0.05) is 0 Å². The van der Waals surface area contributed by atoms with E-state index in [1.165, 1.54) is 51.4 Å². The van der Waals surface area contributed by atoms with Crippen LogP contribution in [0.3, 0.4) is 0 Å². The van der Waals surface area contributed by atoms with Gasteiger partial charge in [-0.05, 0) is 110 Å². The number of ether oxygens (including phenoxy) is 3. The van der Waals surface area contributed by atoms with Crippen LogP contribution in [-0.4, -0.2) is 30.0 Å². The highest BCUT2D eigenvalue weighted by molar-refractivity contribution is 5.99. The van der Waals surface area contributed by atoms with Gasteiger partial charge in [0.25, 0.3) is 0 Å². The van der Waals surface area contributed by atoms with Crippen LogP contribution in [0.2, 0.25) is 0 Å². The fraction of sp³-hybridized carbons (Fsp3) is 0.667. The van der Waals surface area contributed by atoms with Crippen molar-refractivity contribution in [2.75, 3.05) is 0 Å². The number of rotatable bonds is 8. The number of hydrogen-bond donors (Lipinski definition) is 0. The maximum absolute atomic E-state index is 12.4. The molecule has 3 aliphatic carbocycles. The molecule has 0 radical (unpaired) electrons. The number of esters is 4. The van der Waals surface area contributed by atoms with Crippen molar-refractivity contribution in [1.82, 2.24) is 0 Å². The highest BCUT2D eigenvalue weighted by Gasteiger charge is 2.38. The van der Waals surface area contributed by atoms with E-state index in [9.17, 15) is 19.2 Å². The van der Waals surface area contributed by atoms with E-state index in [4.69, 9.17) is 14.2 Å². The molecule has 0 amide bonds. The molecule has 5 fully saturated rings. The van der Waals surface area contributed by atoms with Crippen LogP contribution in [0.15, 0.2) is 30.4 Å². The second kappa shape index (κ2) is 13.5. The summed E-state index contributed by atoms with van der Waals surface area (Å²) in [5, 5.41) is 0. The van der Waals surface area contributed by atoms with Crippen LogP contribution in [0.5, 0.6) is 0 Å². The van der Waals surface area contributed by atoms with Crippen LogP contribution in [0, 0.1) is 29.6 Å². The van der Waals surface area contributed by atoms with Crippen LogP contribution < -0.4 is 0 Å². The topological polar surface area (TPSA) is 96.0 Å². The minimum atomic E-state index is -0.681. The summed E-state index contributed by atoms with van der Waals surface area (Å²) < 4.78 is 15.9. The quantitative estimate of drug-likeness (QED) is 0.182. The van der Waals surface area contributed by atoms with Gasteiger partial charge in [-0.15, -0.1) is 0 Å².